The fourth-order valence-corrected chi connectivity index (χ4v) is 2.54. The smallest absolute Gasteiger partial charge is 0.224 e. The van der Waals surface area contributed by atoms with E-state index in [2.05, 4.69) is 44.5 Å². The molecule has 0 aliphatic carbocycles. The van der Waals surface area contributed by atoms with Crippen LogP contribution in [0.25, 0.3) is 0 Å². The third-order valence-electron chi connectivity index (χ3n) is 3.46. The molecule has 0 bridgehead atoms. The quantitative estimate of drug-likeness (QED) is 0.894. The SMILES string of the molecule is Cl.Cl.NCCNc1nccc(N2CCCc3ccccc32)n1. The number of aromatic nitrogens is 2. The Labute approximate surface area is 143 Å². The van der Waals surface area contributed by atoms with Gasteiger partial charge in [-0.05, 0) is 30.5 Å². The first-order valence-corrected chi connectivity index (χ1v) is 7.01. The molecule has 120 valence electrons. The number of rotatable bonds is 4. The lowest BCUT2D eigenvalue weighted by atomic mass is 10.0. The van der Waals surface area contributed by atoms with Crippen molar-refractivity contribution in [2.45, 2.75) is 12.8 Å². The summed E-state index contributed by atoms with van der Waals surface area (Å²) >= 11 is 0. The number of anilines is 3. The summed E-state index contributed by atoms with van der Waals surface area (Å²) in [4.78, 5) is 11.1. The van der Waals surface area contributed by atoms with Gasteiger partial charge in [0.25, 0.3) is 0 Å². The number of aryl methyl sites for hydroxylation is 1. The molecule has 0 radical (unpaired) electrons. The van der Waals surface area contributed by atoms with Crippen LogP contribution in [0.5, 0.6) is 0 Å². The summed E-state index contributed by atoms with van der Waals surface area (Å²) in [5, 5.41) is 3.12. The van der Waals surface area contributed by atoms with E-state index in [0.717, 1.165) is 25.2 Å². The Morgan fingerprint density at radius 2 is 2.00 bits per heavy atom. The normalized spacial score (nSPS) is 12.7. The first-order chi connectivity index (χ1) is 9.88. The van der Waals surface area contributed by atoms with Crippen molar-refractivity contribution in [2.24, 2.45) is 5.73 Å². The molecule has 1 aliphatic rings. The van der Waals surface area contributed by atoms with Crippen LogP contribution in [0.3, 0.4) is 0 Å². The second-order valence-electron chi connectivity index (χ2n) is 4.84. The van der Waals surface area contributed by atoms with E-state index < -0.39 is 0 Å². The number of hydrogen-bond donors (Lipinski definition) is 2. The molecular weight excluding hydrogens is 321 g/mol. The second-order valence-corrected chi connectivity index (χ2v) is 4.84. The van der Waals surface area contributed by atoms with Crippen molar-refractivity contribution < 1.29 is 0 Å². The van der Waals surface area contributed by atoms with Gasteiger partial charge in [0.05, 0.1) is 0 Å². The van der Waals surface area contributed by atoms with Gasteiger partial charge in [-0.1, -0.05) is 18.2 Å². The zero-order valence-electron chi connectivity index (χ0n) is 12.2. The maximum atomic E-state index is 5.49. The summed E-state index contributed by atoms with van der Waals surface area (Å²) < 4.78 is 0. The zero-order valence-corrected chi connectivity index (χ0v) is 13.9. The number of para-hydroxylation sites is 1. The molecule has 7 heteroatoms. The molecule has 1 aromatic heterocycles. The number of benzene rings is 1. The van der Waals surface area contributed by atoms with Gasteiger partial charge >= 0.3 is 0 Å². The van der Waals surface area contributed by atoms with Crippen molar-refractivity contribution >= 4 is 42.3 Å². The highest BCUT2D eigenvalue weighted by molar-refractivity contribution is 5.85. The molecule has 0 saturated carbocycles. The van der Waals surface area contributed by atoms with Gasteiger partial charge in [-0.15, -0.1) is 24.8 Å². The molecule has 5 nitrogen and oxygen atoms in total. The van der Waals surface area contributed by atoms with Gasteiger partial charge in [0.2, 0.25) is 5.95 Å². The highest BCUT2D eigenvalue weighted by Crippen LogP contribution is 2.32. The van der Waals surface area contributed by atoms with Gasteiger partial charge in [0.15, 0.2) is 0 Å². The van der Waals surface area contributed by atoms with E-state index in [4.69, 9.17) is 5.73 Å². The average molecular weight is 342 g/mol. The number of halogens is 2. The maximum absolute atomic E-state index is 5.49. The summed E-state index contributed by atoms with van der Waals surface area (Å²) in [6.07, 6.45) is 4.07. The van der Waals surface area contributed by atoms with Crippen LogP contribution in [0.15, 0.2) is 36.5 Å². The molecule has 2 heterocycles. The molecule has 2 aromatic rings. The van der Waals surface area contributed by atoms with Crippen LogP contribution in [0.1, 0.15) is 12.0 Å². The highest BCUT2D eigenvalue weighted by atomic mass is 35.5. The Hall–Kier alpha value is -1.56. The highest BCUT2D eigenvalue weighted by Gasteiger charge is 2.18. The van der Waals surface area contributed by atoms with Crippen LogP contribution in [-0.2, 0) is 6.42 Å². The van der Waals surface area contributed by atoms with Gasteiger partial charge in [0, 0.05) is 31.5 Å². The standard InChI is InChI=1S/C15H19N5.2ClH/c16-8-10-18-15-17-9-7-14(19-15)20-11-3-5-12-4-1-2-6-13(12)20;;/h1-2,4,6-7,9H,3,5,8,10-11,16H2,(H,17,18,19);2*1H. The molecule has 0 unspecified atom stereocenters. The topological polar surface area (TPSA) is 67.1 Å². The lowest BCUT2D eigenvalue weighted by Crippen LogP contribution is -2.25. The largest absolute Gasteiger partial charge is 0.353 e. The number of nitrogens with one attached hydrogen (secondary N) is 1. The predicted molar refractivity (Wildman–Crippen MR) is 95.8 cm³/mol. The molecule has 1 aromatic carbocycles. The van der Waals surface area contributed by atoms with Crippen LogP contribution < -0.4 is 16.0 Å². The van der Waals surface area contributed by atoms with Gasteiger partial charge in [-0.25, -0.2) is 4.98 Å². The van der Waals surface area contributed by atoms with E-state index in [9.17, 15) is 0 Å². The van der Waals surface area contributed by atoms with Crippen molar-refractivity contribution in [3.8, 4) is 0 Å². The lowest BCUT2D eigenvalue weighted by Gasteiger charge is -2.30. The van der Waals surface area contributed by atoms with Gasteiger partial charge < -0.3 is 16.0 Å². The molecule has 0 spiro atoms. The first kappa shape index (κ1) is 18.5. The number of hydrogen-bond acceptors (Lipinski definition) is 5. The average Bonchev–Trinajstić information content (AvgIpc) is 2.52. The predicted octanol–water partition coefficient (Wildman–Crippen LogP) is 2.78. The van der Waals surface area contributed by atoms with Gasteiger partial charge in [-0.2, -0.15) is 4.98 Å². The molecule has 0 atom stereocenters. The fourth-order valence-electron chi connectivity index (χ4n) is 2.54. The number of fused-ring (bicyclic) bond motifs is 1. The van der Waals surface area contributed by atoms with Crippen molar-refractivity contribution in [1.29, 1.82) is 0 Å². The van der Waals surface area contributed by atoms with E-state index in [1.54, 1.807) is 6.20 Å². The fraction of sp³-hybridized carbons (Fsp3) is 0.333. The summed E-state index contributed by atoms with van der Waals surface area (Å²) in [6.45, 7) is 2.24. The Balaban J connectivity index is 0.00000121. The number of nitrogens with zero attached hydrogens (tertiary/aromatic N) is 3. The molecule has 1 aliphatic heterocycles. The molecular formula is C15H21Cl2N5. The van der Waals surface area contributed by atoms with E-state index in [1.165, 1.54) is 11.3 Å². The van der Waals surface area contributed by atoms with Crippen LogP contribution in [0, 0.1) is 0 Å². The zero-order chi connectivity index (χ0) is 13.8. The molecule has 3 N–H and O–H groups in total. The minimum Gasteiger partial charge on any atom is -0.353 e. The van der Waals surface area contributed by atoms with E-state index in [0.29, 0.717) is 19.0 Å². The Kier molecular flexibility index (Phi) is 7.38. The van der Waals surface area contributed by atoms with Crippen LogP contribution in [0.4, 0.5) is 17.5 Å². The third-order valence-corrected chi connectivity index (χ3v) is 3.46. The van der Waals surface area contributed by atoms with Gasteiger partial charge in [-0.3, -0.25) is 0 Å². The van der Waals surface area contributed by atoms with Gasteiger partial charge in [0.1, 0.15) is 5.82 Å². The minimum atomic E-state index is 0. The lowest BCUT2D eigenvalue weighted by molar-refractivity contribution is 0.758. The van der Waals surface area contributed by atoms with E-state index in [1.807, 2.05) is 6.07 Å². The molecule has 0 amide bonds. The van der Waals surface area contributed by atoms with Crippen molar-refractivity contribution in [3.05, 3.63) is 42.1 Å². The van der Waals surface area contributed by atoms with Crippen molar-refractivity contribution in [2.75, 3.05) is 29.9 Å². The summed E-state index contributed by atoms with van der Waals surface area (Å²) in [6, 6.07) is 10.5. The number of nitrogens with two attached hydrogens (primary N) is 1. The molecule has 0 fully saturated rings. The summed E-state index contributed by atoms with van der Waals surface area (Å²) in [5.74, 6) is 1.57. The van der Waals surface area contributed by atoms with Crippen molar-refractivity contribution in [1.82, 2.24) is 9.97 Å². The monoisotopic (exact) mass is 341 g/mol. The second kappa shape index (κ2) is 8.78. The van der Waals surface area contributed by atoms with E-state index in [-0.39, 0.29) is 24.8 Å². The molecule has 22 heavy (non-hydrogen) atoms. The van der Waals surface area contributed by atoms with Crippen LogP contribution >= 0.6 is 24.8 Å². The van der Waals surface area contributed by atoms with Crippen LogP contribution in [0.2, 0.25) is 0 Å². The molecule has 3 rings (SSSR count). The van der Waals surface area contributed by atoms with E-state index >= 15 is 0 Å². The summed E-state index contributed by atoms with van der Waals surface area (Å²) in [7, 11) is 0. The Bertz CT molecular complexity index is 594. The first-order valence-electron chi connectivity index (χ1n) is 7.01. The Morgan fingerprint density at radius 1 is 1.18 bits per heavy atom. The summed E-state index contributed by atoms with van der Waals surface area (Å²) in [5.41, 5.74) is 8.13. The van der Waals surface area contributed by atoms with Crippen LogP contribution in [-0.4, -0.2) is 29.6 Å². The maximum Gasteiger partial charge on any atom is 0.224 e. The Morgan fingerprint density at radius 3 is 2.82 bits per heavy atom. The molecule has 0 saturated heterocycles. The minimum absolute atomic E-state index is 0. The van der Waals surface area contributed by atoms with Crippen molar-refractivity contribution in [3.63, 3.8) is 0 Å². The third kappa shape index (κ3) is 4.00.